The van der Waals surface area contributed by atoms with E-state index in [1.165, 1.54) is 0 Å². The Labute approximate surface area is 115 Å². The van der Waals surface area contributed by atoms with E-state index in [1.54, 1.807) is 0 Å². The Hall–Kier alpha value is -1.55. The standard InChI is InChI=1S/C15H24N2O2/c1-4-5-8-17-15(18)10-19-14-9-11(2)6-7-13(14)12(3)16/h6-7,9,12H,4-5,8,10,16H2,1-3H3,(H,17,18). The van der Waals surface area contributed by atoms with Crippen molar-refractivity contribution in [3.63, 3.8) is 0 Å². The van der Waals surface area contributed by atoms with Gasteiger partial charge in [0.15, 0.2) is 6.61 Å². The third-order valence-corrected chi connectivity index (χ3v) is 2.87. The first kappa shape index (κ1) is 15.5. The summed E-state index contributed by atoms with van der Waals surface area (Å²) in [7, 11) is 0. The van der Waals surface area contributed by atoms with Crippen molar-refractivity contribution in [1.29, 1.82) is 0 Å². The SMILES string of the molecule is CCCCNC(=O)COc1cc(C)ccc1C(C)N. The average Bonchev–Trinajstić information content (AvgIpc) is 2.36. The molecule has 19 heavy (non-hydrogen) atoms. The smallest absolute Gasteiger partial charge is 0.257 e. The monoisotopic (exact) mass is 264 g/mol. The summed E-state index contributed by atoms with van der Waals surface area (Å²) < 4.78 is 5.58. The largest absolute Gasteiger partial charge is 0.483 e. The molecule has 1 unspecified atom stereocenters. The number of nitrogens with two attached hydrogens (primary N) is 1. The van der Waals surface area contributed by atoms with Gasteiger partial charge in [-0.15, -0.1) is 0 Å². The fourth-order valence-corrected chi connectivity index (χ4v) is 1.74. The Bertz CT molecular complexity index is 417. The molecule has 0 spiro atoms. The maximum Gasteiger partial charge on any atom is 0.257 e. The molecule has 1 aromatic rings. The number of ether oxygens (including phenoxy) is 1. The molecule has 4 nitrogen and oxygen atoms in total. The quantitative estimate of drug-likeness (QED) is 0.743. The van der Waals surface area contributed by atoms with Crippen LogP contribution in [0, 0.1) is 6.92 Å². The van der Waals surface area contributed by atoms with Gasteiger partial charge in [0, 0.05) is 18.2 Å². The van der Waals surface area contributed by atoms with Crippen molar-refractivity contribution in [2.75, 3.05) is 13.2 Å². The Morgan fingerprint density at radius 3 is 2.84 bits per heavy atom. The Morgan fingerprint density at radius 1 is 1.47 bits per heavy atom. The zero-order valence-corrected chi connectivity index (χ0v) is 12.0. The first-order valence-corrected chi connectivity index (χ1v) is 6.80. The van der Waals surface area contributed by atoms with E-state index in [0.717, 1.165) is 24.0 Å². The Kier molecular flexibility index (Phi) is 6.36. The molecule has 0 heterocycles. The highest BCUT2D eigenvalue weighted by Gasteiger charge is 2.10. The highest BCUT2D eigenvalue weighted by atomic mass is 16.5. The van der Waals surface area contributed by atoms with Crippen molar-refractivity contribution in [3.8, 4) is 5.75 Å². The van der Waals surface area contributed by atoms with E-state index in [4.69, 9.17) is 10.5 Å². The van der Waals surface area contributed by atoms with Crippen LogP contribution in [-0.2, 0) is 4.79 Å². The van der Waals surface area contributed by atoms with Crippen LogP contribution in [0.4, 0.5) is 0 Å². The second kappa shape index (κ2) is 7.79. The molecule has 0 aliphatic heterocycles. The summed E-state index contributed by atoms with van der Waals surface area (Å²) in [5.74, 6) is 0.603. The highest BCUT2D eigenvalue weighted by molar-refractivity contribution is 5.77. The summed E-state index contributed by atoms with van der Waals surface area (Å²) in [4.78, 5) is 11.6. The third kappa shape index (κ3) is 5.30. The average molecular weight is 264 g/mol. The van der Waals surface area contributed by atoms with E-state index >= 15 is 0 Å². The van der Waals surface area contributed by atoms with Crippen LogP contribution in [0.3, 0.4) is 0 Å². The summed E-state index contributed by atoms with van der Waals surface area (Å²) in [6.07, 6.45) is 2.05. The molecule has 0 saturated heterocycles. The van der Waals surface area contributed by atoms with Crippen LogP contribution in [0.2, 0.25) is 0 Å². The summed E-state index contributed by atoms with van der Waals surface area (Å²) in [5, 5.41) is 2.82. The number of benzene rings is 1. The van der Waals surface area contributed by atoms with Crippen LogP contribution in [0.25, 0.3) is 0 Å². The van der Waals surface area contributed by atoms with Gasteiger partial charge < -0.3 is 15.8 Å². The zero-order chi connectivity index (χ0) is 14.3. The molecule has 1 rings (SSSR count). The third-order valence-electron chi connectivity index (χ3n) is 2.87. The van der Waals surface area contributed by atoms with Gasteiger partial charge in [0.2, 0.25) is 0 Å². The molecular weight excluding hydrogens is 240 g/mol. The van der Waals surface area contributed by atoms with Gasteiger partial charge in [-0.2, -0.15) is 0 Å². The van der Waals surface area contributed by atoms with E-state index in [-0.39, 0.29) is 18.6 Å². The lowest BCUT2D eigenvalue weighted by atomic mass is 10.1. The van der Waals surface area contributed by atoms with Gasteiger partial charge in [-0.1, -0.05) is 25.5 Å². The summed E-state index contributed by atoms with van der Waals surface area (Å²) in [6.45, 7) is 6.71. The highest BCUT2D eigenvalue weighted by Crippen LogP contribution is 2.24. The minimum absolute atomic E-state index is 0.0346. The molecule has 0 bridgehead atoms. The fourth-order valence-electron chi connectivity index (χ4n) is 1.74. The normalized spacial score (nSPS) is 12.0. The number of carbonyl (C=O) groups is 1. The lowest BCUT2D eigenvalue weighted by Gasteiger charge is -2.14. The van der Waals surface area contributed by atoms with Crippen LogP contribution in [0.5, 0.6) is 5.75 Å². The molecule has 4 heteroatoms. The molecule has 3 N–H and O–H groups in total. The molecule has 0 aliphatic carbocycles. The number of aryl methyl sites for hydroxylation is 1. The van der Waals surface area contributed by atoms with Gasteiger partial charge in [-0.05, 0) is 31.9 Å². The Morgan fingerprint density at radius 2 is 2.21 bits per heavy atom. The van der Waals surface area contributed by atoms with Crippen molar-refractivity contribution in [1.82, 2.24) is 5.32 Å². The van der Waals surface area contributed by atoms with Crippen LogP contribution in [-0.4, -0.2) is 19.1 Å². The van der Waals surface area contributed by atoms with E-state index in [2.05, 4.69) is 12.2 Å². The molecular formula is C15H24N2O2. The fraction of sp³-hybridized carbons (Fsp3) is 0.533. The molecule has 0 aliphatic rings. The first-order valence-electron chi connectivity index (χ1n) is 6.80. The predicted molar refractivity (Wildman–Crippen MR) is 77.2 cm³/mol. The molecule has 106 valence electrons. The second-order valence-electron chi connectivity index (χ2n) is 4.82. The number of carbonyl (C=O) groups excluding carboxylic acids is 1. The van der Waals surface area contributed by atoms with Crippen LogP contribution in [0.15, 0.2) is 18.2 Å². The van der Waals surface area contributed by atoms with Crippen LogP contribution < -0.4 is 15.8 Å². The summed E-state index contributed by atoms with van der Waals surface area (Å²) in [6, 6.07) is 5.74. The molecule has 0 saturated carbocycles. The van der Waals surface area contributed by atoms with Gasteiger partial charge in [0.1, 0.15) is 5.75 Å². The molecule has 0 aromatic heterocycles. The number of rotatable bonds is 7. The van der Waals surface area contributed by atoms with E-state index in [1.807, 2.05) is 32.0 Å². The maximum atomic E-state index is 11.6. The van der Waals surface area contributed by atoms with Gasteiger partial charge in [-0.3, -0.25) is 4.79 Å². The lowest BCUT2D eigenvalue weighted by Crippen LogP contribution is -2.29. The maximum absolute atomic E-state index is 11.6. The second-order valence-corrected chi connectivity index (χ2v) is 4.82. The number of unbranched alkanes of at least 4 members (excludes halogenated alkanes) is 1. The van der Waals surface area contributed by atoms with Gasteiger partial charge >= 0.3 is 0 Å². The topological polar surface area (TPSA) is 64.3 Å². The van der Waals surface area contributed by atoms with Crippen LogP contribution in [0.1, 0.15) is 43.9 Å². The van der Waals surface area contributed by atoms with Gasteiger partial charge in [0.25, 0.3) is 5.91 Å². The van der Waals surface area contributed by atoms with E-state index in [9.17, 15) is 4.79 Å². The molecule has 1 atom stereocenters. The number of hydrogen-bond acceptors (Lipinski definition) is 3. The minimum atomic E-state index is -0.112. The van der Waals surface area contributed by atoms with Crippen molar-refractivity contribution in [2.45, 2.75) is 39.7 Å². The van der Waals surface area contributed by atoms with Gasteiger partial charge in [-0.25, -0.2) is 0 Å². The van der Waals surface area contributed by atoms with Crippen LogP contribution >= 0.6 is 0 Å². The number of hydrogen-bond donors (Lipinski definition) is 2. The zero-order valence-electron chi connectivity index (χ0n) is 12.0. The molecule has 0 fully saturated rings. The lowest BCUT2D eigenvalue weighted by molar-refractivity contribution is -0.123. The Balaban J connectivity index is 2.56. The van der Waals surface area contributed by atoms with Crippen molar-refractivity contribution < 1.29 is 9.53 Å². The molecule has 1 amide bonds. The first-order chi connectivity index (χ1) is 9.04. The minimum Gasteiger partial charge on any atom is -0.483 e. The van der Waals surface area contributed by atoms with Crippen molar-refractivity contribution in [3.05, 3.63) is 29.3 Å². The van der Waals surface area contributed by atoms with E-state index in [0.29, 0.717) is 12.3 Å². The predicted octanol–water partition coefficient (Wildman–Crippen LogP) is 2.31. The molecule has 1 aromatic carbocycles. The van der Waals surface area contributed by atoms with Crippen molar-refractivity contribution in [2.24, 2.45) is 5.73 Å². The van der Waals surface area contributed by atoms with Gasteiger partial charge in [0.05, 0.1) is 0 Å². The van der Waals surface area contributed by atoms with E-state index < -0.39 is 0 Å². The molecule has 0 radical (unpaired) electrons. The number of amides is 1. The summed E-state index contributed by atoms with van der Waals surface area (Å²) >= 11 is 0. The summed E-state index contributed by atoms with van der Waals surface area (Å²) in [5.41, 5.74) is 7.90. The van der Waals surface area contributed by atoms with Crippen molar-refractivity contribution >= 4 is 5.91 Å². The number of nitrogens with one attached hydrogen (secondary N) is 1.